The molecule has 0 aliphatic carbocycles. The number of hydrogen-bond acceptors (Lipinski definition) is 6. The molecule has 0 radical (unpaired) electrons. The molecule has 1 N–H and O–H groups in total. The number of nitrogens with one attached hydrogen (secondary N) is 1. The van der Waals surface area contributed by atoms with Gasteiger partial charge in [0.2, 0.25) is 0 Å². The molecule has 1 saturated heterocycles. The third kappa shape index (κ3) is 7.89. The summed E-state index contributed by atoms with van der Waals surface area (Å²) in [5, 5.41) is 1.06. The Morgan fingerprint density at radius 2 is 1.78 bits per heavy atom. The van der Waals surface area contributed by atoms with Crippen LogP contribution < -0.4 is 9.03 Å². The Labute approximate surface area is 231 Å². The van der Waals surface area contributed by atoms with Crippen molar-refractivity contribution < 1.29 is 0 Å². The average Bonchev–Trinajstić information content (AvgIpc) is 3.23. The number of rotatable bonds is 7. The van der Waals surface area contributed by atoms with Crippen LogP contribution in [-0.2, 0) is 0 Å². The molecular formula is C31H38N4S2. The molecule has 5 rings (SSSR count). The Bertz CT molecular complexity index is 1250. The van der Waals surface area contributed by atoms with Crippen LogP contribution in [0.25, 0.3) is 22.2 Å². The van der Waals surface area contributed by atoms with Crippen LogP contribution in [-0.4, -0.2) is 22.3 Å². The molecule has 1 fully saturated rings. The fraction of sp³-hybridized carbons (Fsp3) is 0.355. The Morgan fingerprint density at radius 1 is 0.946 bits per heavy atom. The first-order valence-corrected chi connectivity index (χ1v) is 15.2. The van der Waals surface area contributed by atoms with Gasteiger partial charge < -0.3 is 9.03 Å². The number of pyridine rings is 2. The smallest absolute Gasteiger partial charge is 0.0740 e. The number of hydrogen-bond donors (Lipinski definition) is 1. The van der Waals surface area contributed by atoms with E-state index >= 15 is 0 Å². The standard InChI is InChI=1S/C26H26N4S2.C5H12/c1-19-5-7-21(17-24(19)26-12-6-20-18-27-14-13-25(20)28-26)29-32-23-10-8-22(9-11-23)30-15-3-2-4-16-31-30;1-3-5-4-2/h5-14,17-18,29H,2-4,15-16H2,1H3;3-5H2,1-2H3. The Morgan fingerprint density at radius 3 is 2.57 bits per heavy atom. The number of benzene rings is 2. The third-order valence-electron chi connectivity index (χ3n) is 6.37. The zero-order valence-electron chi connectivity index (χ0n) is 22.2. The number of fused-ring (bicyclic) bond motifs is 1. The second-order valence-electron chi connectivity index (χ2n) is 9.34. The van der Waals surface area contributed by atoms with E-state index < -0.39 is 0 Å². The maximum Gasteiger partial charge on any atom is 0.0740 e. The number of aryl methyl sites for hydroxylation is 1. The summed E-state index contributed by atoms with van der Waals surface area (Å²) in [6.45, 7) is 7.69. The molecule has 0 amide bonds. The first-order valence-electron chi connectivity index (χ1n) is 13.4. The van der Waals surface area contributed by atoms with Crippen LogP contribution in [0.15, 0.2) is 78.0 Å². The lowest BCUT2D eigenvalue weighted by atomic mass is 10.0. The van der Waals surface area contributed by atoms with Crippen molar-refractivity contribution in [1.29, 1.82) is 0 Å². The zero-order chi connectivity index (χ0) is 25.9. The third-order valence-corrected chi connectivity index (χ3v) is 8.40. The number of aromatic nitrogens is 2. The monoisotopic (exact) mass is 530 g/mol. The lowest BCUT2D eigenvalue weighted by molar-refractivity contribution is 0.751. The van der Waals surface area contributed by atoms with Crippen molar-refractivity contribution in [2.24, 2.45) is 0 Å². The molecule has 0 bridgehead atoms. The van der Waals surface area contributed by atoms with Crippen molar-refractivity contribution in [1.82, 2.24) is 9.97 Å². The van der Waals surface area contributed by atoms with Crippen molar-refractivity contribution in [3.8, 4) is 11.3 Å². The molecular weight excluding hydrogens is 493 g/mol. The Hall–Kier alpha value is -2.70. The molecule has 1 aliphatic rings. The summed E-state index contributed by atoms with van der Waals surface area (Å²) in [5.74, 6) is 1.22. The van der Waals surface area contributed by atoms with E-state index in [1.54, 1.807) is 18.1 Å². The second-order valence-corrected chi connectivity index (χ2v) is 11.3. The summed E-state index contributed by atoms with van der Waals surface area (Å²) in [6.07, 6.45) is 11.7. The van der Waals surface area contributed by atoms with Crippen molar-refractivity contribution in [3.05, 3.63) is 78.6 Å². The van der Waals surface area contributed by atoms with E-state index in [0.717, 1.165) is 34.4 Å². The second kappa shape index (κ2) is 14.3. The lowest BCUT2D eigenvalue weighted by Crippen LogP contribution is -2.14. The van der Waals surface area contributed by atoms with Gasteiger partial charge in [-0.25, -0.2) is 4.98 Å². The average molecular weight is 531 g/mol. The van der Waals surface area contributed by atoms with E-state index in [0.29, 0.717) is 0 Å². The van der Waals surface area contributed by atoms with E-state index in [4.69, 9.17) is 4.98 Å². The highest BCUT2D eigenvalue weighted by atomic mass is 32.2. The first kappa shape index (κ1) is 27.3. The van der Waals surface area contributed by atoms with Gasteiger partial charge >= 0.3 is 0 Å². The summed E-state index contributed by atoms with van der Waals surface area (Å²) < 4.78 is 5.94. The van der Waals surface area contributed by atoms with Crippen LogP contribution >= 0.6 is 23.9 Å². The van der Waals surface area contributed by atoms with Gasteiger partial charge in [0.05, 0.1) is 11.2 Å². The van der Waals surface area contributed by atoms with Crippen LogP contribution in [0, 0.1) is 6.92 Å². The molecule has 0 spiro atoms. The van der Waals surface area contributed by atoms with Gasteiger partial charge in [-0.05, 0) is 104 Å². The fourth-order valence-electron chi connectivity index (χ4n) is 4.21. The SMILES string of the molecule is CCCCC.Cc1ccc(NSc2ccc(N3CCCCCS3)cc2)cc1-c1ccc2cnccc2n1. The molecule has 4 aromatic rings. The van der Waals surface area contributed by atoms with E-state index in [1.165, 1.54) is 60.4 Å². The summed E-state index contributed by atoms with van der Waals surface area (Å²) in [4.78, 5) is 10.2. The van der Waals surface area contributed by atoms with Crippen LogP contribution in [0.5, 0.6) is 0 Å². The van der Waals surface area contributed by atoms with Gasteiger partial charge in [-0.15, -0.1) is 0 Å². The molecule has 6 heteroatoms. The first-order chi connectivity index (χ1) is 18.2. The van der Waals surface area contributed by atoms with E-state index in [-0.39, 0.29) is 0 Å². The molecule has 4 nitrogen and oxygen atoms in total. The topological polar surface area (TPSA) is 41.0 Å². The minimum Gasteiger partial charge on any atom is -0.326 e. The van der Waals surface area contributed by atoms with Gasteiger partial charge in [0.25, 0.3) is 0 Å². The zero-order valence-corrected chi connectivity index (χ0v) is 23.9. The molecule has 1 aliphatic heterocycles. The summed E-state index contributed by atoms with van der Waals surface area (Å²) in [6, 6.07) is 21.4. The van der Waals surface area contributed by atoms with Crippen molar-refractivity contribution in [3.63, 3.8) is 0 Å². The molecule has 2 aromatic heterocycles. The molecule has 194 valence electrons. The molecule has 37 heavy (non-hydrogen) atoms. The largest absolute Gasteiger partial charge is 0.326 e. The Balaban J connectivity index is 0.000000586. The van der Waals surface area contributed by atoms with Gasteiger partial charge in [-0.3, -0.25) is 4.98 Å². The molecule has 0 saturated carbocycles. The Kier molecular flexibility index (Phi) is 10.6. The van der Waals surface area contributed by atoms with E-state index in [1.807, 2.05) is 24.2 Å². The van der Waals surface area contributed by atoms with Crippen molar-refractivity contribution >= 4 is 46.2 Å². The minimum atomic E-state index is 0.965. The molecule has 2 aromatic carbocycles. The fourth-order valence-corrected chi connectivity index (χ4v) is 5.92. The van der Waals surface area contributed by atoms with Crippen molar-refractivity contribution in [2.45, 2.75) is 64.2 Å². The summed E-state index contributed by atoms with van der Waals surface area (Å²) >= 11 is 3.60. The maximum atomic E-state index is 4.85. The quantitative estimate of drug-likeness (QED) is 0.240. The molecule has 0 unspecified atom stereocenters. The highest BCUT2D eigenvalue weighted by Gasteiger charge is 2.11. The maximum absolute atomic E-state index is 4.85. The van der Waals surface area contributed by atoms with Gasteiger partial charge in [-0.2, -0.15) is 0 Å². The van der Waals surface area contributed by atoms with Crippen molar-refractivity contribution in [2.75, 3.05) is 21.3 Å². The van der Waals surface area contributed by atoms with Crippen LogP contribution in [0.1, 0.15) is 57.9 Å². The number of anilines is 2. The van der Waals surface area contributed by atoms with Gasteiger partial charge in [0.15, 0.2) is 0 Å². The summed E-state index contributed by atoms with van der Waals surface area (Å²) in [7, 11) is 0. The minimum absolute atomic E-state index is 0.965. The highest BCUT2D eigenvalue weighted by molar-refractivity contribution is 8.00. The normalized spacial score (nSPS) is 13.5. The van der Waals surface area contributed by atoms with Gasteiger partial charge in [-0.1, -0.05) is 45.6 Å². The molecule has 0 atom stereocenters. The van der Waals surface area contributed by atoms with Gasteiger partial charge in [0, 0.05) is 51.9 Å². The number of unbranched alkanes of at least 4 members (excludes halogenated alkanes) is 2. The van der Waals surface area contributed by atoms with Crippen LogP contribution in [0.3, 0.4) is 0 Å². The van der Waals surface area contributed by atoms with E-state index in [2.05, 4.69) is 89.4 Å². The van der Waals surface area contributed by atoms with E-state index in [9.17, 15) is 0 Å². The predicted octanol–water partition coefficient (Wildman–Crippen LogP) is 9.56. The van der Waals surface area contributed by atoms with Gasteiger partial charge in [0.1, 0.15) is 0 Å². The summed E-state index contributed by atoms with van der Waals surface area (Å²) in [5.41, 5.74) is 6.67. The van der Waals surface area contributed by atoms with Crippen LogP contribution in [0.2, 0.25) is 0 Å². The lowest BCUT2D eigenvalue weighted by Gasteiger charge is -2.21. The predicted molar refractivity (Wildman–Crippen MR) is 164 cm³/mol. The molecule has 3 heterocycles. The highest BCUT2D eigenvalue weighted by Crippen LogP contribution is 2.31. The van der Waals surface area contributed by atoms with Crippen LogP contribution in [0.4, 0.5) is 11.4 Å². The number of nitrogens with zero attached hydrogens (tertiary/aromatic N) is 3.